The Balaban J connectivity index is 3.15. The zero-order valence-electron chi connectivity index (χ0n) is 6.13. The molecule has 0 atom stereocenters. The lowest BCUT2D eigenvalue weighted by molar-refractivity contribution is 1.29. The van der Waals surface area contributed by atoms with Gasteiger partial charge in [0.05, 0.1) is 0 Å². The molecule has 0 aromatic carbocycles. The van der Waals surface area contributed by atoms with E-state index in [4.69, 9.17) is 0 Å². The summed E-state index contributed by atoms with van der Waals surface area (Å²) in [6.07, 6.45) is 2.92. The average Bonchev–Trinajstić information content (AvgIpc) is 2.07. The molecular formula is C8H6N2O2. The standard InChI is InChI=1S/C8H6N2O2/c11-5-1-3-9-8-6(12)2-4-10-7(5)8/h1-4H,(H,9,11)(H,10,12). The molecule has 0 amide bonds. The number of fused-ring (bicyclic) bond motifs is 1. The lowest BCUT2D eigenvalue weighted by Gasteiger charge is -1.93. The minimum Gasteiger partial charge on any atom is -0.357 e. The Morgan fingerprint density at radius 3 is 1.67 bits per heavy atom. The van der Waals surface area contributed by atoms with Gasteiger partial charge in [0.25, 0.3) is 0 Å². The summed E-state index contributed by atoms with van der Waals surface area (Å²) in [6, 6.07) is 2.75. The largest absolute Gasteiger partial charge is 0.357 e. The van der Waals surface area contributed by atoms with E-state index in [0.29, 0.717) is 11.0 Å². The molecule has 60 valence electrons. The zero-order chi connectivity index (χ0) is 8.55. The molecule has 0 aliphatic carbocycles. The highest BCUT2D eigenvalue weighted by Gasteiger charge is 1.98. The van der Waals surface area contributed by atoms with Gasteiger partial charge in [0.1, 0.15) is 11.0 Å². The van der Waals surface area contributed by atoms with Crippen molar-refractivity contribution in [1.82, 2.24) is 9.97 Å². The van der Waals surface area contributed by atoms with Crippen LogP contribution < -0.4 is 10.9 Å². The lowest BCUT2D eigenvalue weighted by Crippen LogP contribution is -2.10. The minimum atomic E-state index is -0.179. The molecule has 2 aromatic heterocycles. The molecular weight excluding hydrogens is 156 g/mol. The average molecular weight is 162 g/mol. The molecule has 0 fully saturated rings. The highest BCUT2D eigenvalue weighted by atomic mass is 16.1. The molecule has 4 nitrogen and oxygen atoms in total. The van der Waals surface area contributed by atoms with Crippen LogP contribution in [0.15, 0.2) is 34.1 Å². The number of aromatic nitrogens is 2. The van der Waals surface area contributed by atoms with Gasteiger partial charge in [-0.05, 0) is 0 Å². The normalized spacial score (nSPS) is 10.3. The lowest BCUT2D eigenvalue weighted by atomic mass is 10.3. The molecule has 2 aromatic rings. The van der Waals surface area contributed by atoms with E-state index in [1.54, 1.807) is 0 Å². The summed E-state index contributed by atoms with van der Waals surface area (Å²) in [5, 5.41) is 0. The summed E-state index contributed by atoms with van der Waals surface area (Å²) in [7, 11) is 0. The van der Waals surface area contributed by atoms with Gasteiger partial charge in [0.2, 0.25) is 10.9 Å². The van der Waals surface area contributed by atoms with E-state index in [0.717, 1.165) is 0 Å². The van der Waals surface area contributed by atoms with Crippen molar-refractivity contribution in [3.63, 3.8) is 0 Å². The first kappa shape index (κ1) is 6.84. The first-order valence-electron chi connectivity index (χ1n) is 3.48. The van der Waals surface area contributed by atoms with Crippen LogP contribution in [0.5, 0.6) is 0 Å². The van der Waals surface area contributed by atoms with Crippen molar-refractivity contribution >= 4 is 11.0 Å². The van der Waals surface area contributed by atoms with Crippen LogP contribution in [0, 0.1) is 0 Å². The third kappa shape index (κ3) is 0.852. The molecule has 0 aliphatic rings. The van der Waals surface area contributed by atoms with E-state index >= 15 is 0 Å². The second-order valence-electron chi connectivity index (χ2n) is 2.43. The monoisotopic (exact) mass is 162 g/mol. The van der Waals surface area contributed by atoms with Gasteiger partial charge in [0.15, 0.2) is 0 Å². The quantitative estimate of drug-likeness (QED) is 0.581. The maximum atomic E-state index is 11.1. The van der Waals surface area contributed by atoms with Crippen LogP contribution in [-0.2, 0) is 0 Å². The van der Waals surface area contributed by atoms with Crippen LogP contribution in [-0.4, -0.2) is 9.97 Å². The van der Waals surface area contributed by atoms with Crippen molar-refractivity contribution in [2.75, 3.05) is 0 Å². The highest BCUT2D eigenvalue weighted by molar-refractivity contribution is 5.72. The third-order valence-electron chi connectivity index (χ3n) is 1.67. The second kappa shape index (κ2) is 2.34. The predicted molar refractivity (Wildman–Crippen MR) is 45.2 cm³/mol. The van der Waals surface area contributed by atoms with Gasteiger partial charge in [-0.3, -0.25) is 9.59 Å². The van der Waals surface area contributed by atoms with Gasteiger partial charge >= 0.3 is 0 Å². The van der Waals surface area contributed by atoms with Crippen LogP contribution in [0.1, 0.15) is 0 Å². The Morgan fingerprint density at radius 2 is 1.25 bits per heavy atom. The van der Waals surface area contributed by atoms with Crippen LogP contribution in [0.4, 0.5) is 0 Å². The smallest absolute Gasteiger partial charge is 0.205 e. The Labute approximate surface area is 66.9 Å². The third-order valence-corrected chi connectivity index (χ3v) is 1.67. The Hall–Kier alpha value is -1.84. The van der Waals surface area contributed by atoms with Crippen LogP contribution >= 0.6 is 0 Å². The first-order valence-corrected chi connectivity index (χ1v) is 3.48. The summed E-state index contributed by atoms with van der Waals surface area (Å²) in [4.78, 5) is 27.7. The molecule has 2 heterocycles. The number of hydrogen-bond acceptors (Lipinski definition) is 2. The predicted octanol–water partition coefficient (Wildman–Crippen LogP) is 0.216. The number of aromatic amines is 2. The van der Waals surface area contributed by atoms with Crippen molar-refractivity contribution in [1.29, 1.82) is 0 Å². The van der Waals surface area contributed by atoms with E-state index in [2.05, 4.69) is 9.97 Å². The molecule has 0 saturated carbocycles. The first-order chi connectivity index (χ1) is 5.79. The number of rotatable bonds is 0. The topological polar surface area (TPSA) is 65.7 Å². The van der Waals surface area contributed by atoms with Crippen molar-refractivity contribution in [2.45, 2.75) is 0 Å². The van der Waals surface area contributed by atoms with Gasteiger partial charge in [-0.2, -0.15) is 0 Å². The van der Waals surface area contributed by atoms with Crippen LogP contribution in [0.25, 0.3) is 11.0 Å². The molecule has 0 saturated heterocycles. The van der Waals surface area contributed by atoms with E-state index in [1.165, 1.54) is 24.5 Å². The molecule has 0 unspecified atom stereocenters. The Bertz CT molecular complexity index is 475. The number of pyridine rings is 2. The fraction of sp³-hybridized carbons (Fsp3) is 0. The van der Waals surface area contributed by atoms with Crippen molar-refractivity contribution < 1.29 is 0 Å². The summed E-state index contributed by atoms with van der Waals surface area (Å²) < 4.78 is 0. The zero-order valence-corrected chi connectivity index (χ0v) is 6.13. The van der Waals surface area contributed by atoms with Crippen molar-refractivity contribution in [3.8, 4) is 0 Å². The van der Waals surface area contributed by atoms with Gasteiger partial charge in [-0.25, -0.2) is 0 Å². The molecule has 12 heavy (non-hydrogen) atoms. The molecule has 2 rings (SSSR count). The molecule has 0 bridgehead atoms. The Kier molecular flexibility index (Phi) is 1.33. The van der Waals surface area contributed by atoms with Crippen molar-refractivity contribution in [3.05, 3.63) is 45.0 Å². The Morgan fingerprint density at radius 1 is 0.833 bits per heavy atom. The van der Waals surface area contributed by atoms with Gasteiger partial charge < -0.3 is 9.97 Å². The van der Waals surface area contributed by atoms with Gasteiger partial charge in [-0.15, -0.1) is 0 Å². The number of H-pyrrole nitrogens is 2. The fourth-order valence-corrected chi connectivity index (χ4v) is 1.10. The number of hydrogen-bond donors (Lipinski definition) is 2. The highest BCUT2D eigenvalue weighted by Crippen LogP contribution is 1.93. The summed E-state index contributed by atoms with van der Waals surface area (Å²) >= 11 is 0. The summed E-state index contributed by atoms with van der Waals surface area (Å²) in [5.74, 6) is 0. The summed E-state index contributed by atoms with van der Waals surface area (Å²) in [6.45, 7) is 0. The molecule has 0 radical (unpaired) electrons. The fourth-order valence-electron chi connectivity index (χ4n) is 1.10. The molecule has 2 N–H and O–H groups in total. The number of nitrogens with one attached hydrogen (secondary N) is 2. The molecule has 0 spiro atoms. The van der Waals surface area contributed by atoms with Gasteiger partial charge in [0, 0.05) is 24.5 Å². The van der Waals surface area contributed by atoms with Crippen LogP contribution in [0.2, 0.25) is 0 Å². The van der Waals surface area contributed by atoms with Gasteiger partial charge in [-0.1, -0.05) is 0 Å². The van der Waals surface area contributed by atoms with Crippen molar-refractivity contribution in [2.24, 2.45) is 0 Å². The maximum Gasteiger partial charge on any atom is 0.205 e. The summed E-state index contributed by atoms with van der Waals surface area (Å²) in [5.41, 5.74) is 0.290. The van der Waals surface area contributed by atoms with E-state index < -0.39 is 0 Å². The van der Waals surface area contributed by atoms with E-state index in [9.17, 15) is 9.59 Å². The second-order valence-corrected chi connectivity index (χ2v) is 2.43. The minimum absolute atomic E-state index is 0.179. The molecule has 0 aliphatic heterocycles. The van der Waals surface area contributed by atoms with Crippen LogP contribution in [0.3, 0.4) is 0 Å². The maximum absolute atomic E-state index is 11.1. The SMILES string of the molecule is O=c1cc[nH]c2c(=O)cc[nH]c12. The molecule has 4 heteroatoms. The van der Waals surface area contributed by atoms with E-state index in [-0.39, 0.29) is 10.9 Å². The van der Waals surface area contributed by atoms with E-state index in [1.807, 2.05) is 0 Å².